The van der Waals surface area contributed by atoms with Crippen molar-refractivity contribution in [1.29, 1.82) is 0 Å². The molecular weight excluding hydrogens is 434 g/mol. The van der Waals surface area contributed by atoms with Gasteiger partial charge in [0.15, 0.2) is 11.0 Å². The van der Waals surface area contributed by atoms with Crippen LogP contribution in [0.15, 0.2) is 93.8 Å². The standard InChI is InChI=1S/C26H21N3O3S/c1-3-14-29-25(20-10-6-7-11-21(20)31-2)27-28-26(29)33-16-18-15-23(30)32-22-13-12-17-8-4-5-9-19(17)24(18)22/h3-13,15H,1,14,16H2,2H3. The number of fused-ring (bicyclic) bond motifs is 3. The predicted octanol–water partition coefficient (Wildman–Crippen LogP) is 5.69. The van der Waals surface area contributed by atoms with Crippen molar-refractivity contribution in [3.8, 4) is 17.1 Å². The van der Waals surface area contributed by atoms with E-state index in [0.717, 1.165) is 38.2 Å². The first kappa shape index (κ1) is 21.0. The van der Waals surface area contributed by atoms with Crippen LogP contribution in [0, 0.1) is 0 Å². The Kier molecular flexibility index (Phi) is 5.71. The highest BCUT2D eigenvalue weighted by Crippen LogP contribution is 2.34. The fourth-order valence-electron chi connectivity index (χ4n) is 3.99. The first-order chi connectivity index (χ1) is 16.2. The number of hydrogen-bond donors (Lipinski definition) is 0. The highest BCUT2D eigenvalue weighted by molar-refractivity contribution is 7.98. The van der Waals surface area contributed by atoms with E-state index in [-0.39, 0.29) is 5.63 Å². The Morgan fingerprint density at radius 1 is 1.09 bits per heavy atom. The quantitative estimate of drug-likeness (QED) is 0.136. The van der Waals surface area contributed by atoms with Crippen LogP contribution in [0.2, 0.25) is 0 Å². The lowest BCUT2D eigenvalue weighted by atomic mass is 10.0. The van der Waals surface area contributed by atoms with Crippen LogP contribution in [0.4, 0.5) is 0 Å². The Balaban J connectivity index is 1.56. The van der Waals surface area contributed by atoms with E-state index in [1.54, 1.807) is 13.2 Å². The largest absolute Gasteiger partial charge is 0.496 e. The fraction of sp³-hybridized carbons (Fsp3) is 0.115. The van der Waals surface area contributed by atoms with Crippen molar-refractivity contribution in [1.82, 2.24) is 14.8 Å². The Hall–Kier alpha value is -3.84. The molecule has 0 N–H and O–H groups in total. The van der Waals surface area contributed by atoms with Gasteiger partial charge in [0.2, 0.25) is 0 Å². The smallest absolute Gasteiger partial charge is 0.336 e. The van der Waals surface area contributed by atoms with E-state index in [2.05, 4.69) is 22.8 Å². The summed E-state index contributed by atoms with van der Waals surface area (Å²) in [5.74, 6) is 1.97. The molecule has 5 rings (SSSR count). The van der Waals surface area contributed by atoms with Gasteiger partial charge in [-0.3, -0.25) is 4.57 Å². The SMILES string of the molecule is C=CCn1c(SCc2cc(=O)oc3ccc4ccccc4c23)nnc1-c1ccccc1OC. The zero-order chi connectivity index (χ0) is 22.8. The van der Waals surface area contributed by atoms with Crippen LogP contribution in [0.25, 0.3) is 33.1 Å². The molecule has 3 aromatic carbocycles. The molecule has 33 heavy (non-hydrogen) atoms. The van der Waals surface area contributed by atoms with E-state index in [1.807, 2.05) is 65.2 Å². The molecule has 0 aliphatic heterocycles. The maximum atomic E-state index is 12.2. The minimum Gasteiger partial charge on any atom is -0.496 e. The zero-order valence-electron chi connectivity index (χ0n) is 18.0. The number of aromatic nitrogens is 3. The van der Waals surface area contributed by atoms with Gasteiger partial charge in [-0.05, 0) is 34.5 Å². The third-order valence-electron chi connectivity index (χ3n) is 5.45. The van der Waals surface area contributed by atoms with Gasteiger partial charge in [0.1, 0.15) is 11.3 Å². The van der Waals surface area contributed by atoms with E-state index in [1.165, 1.54) is 11.8 Å². The van der Waals surface area contributed by atoms with Crippen LogP contribution in [0.5, 0.6) is 5.75 Å². The van der Waals surface area contributed by atoms with E-state index >= 15 is 0 Å². The molecule has 0 aliphatic rings. The van der Waals surface area contributed by atoms with Crippen LogP contribution in [-0.4, -0.2) is 21.9 Å². The van der Waals surface area contributed by atoms with E-state index < -0.39 is 0 Å². The molecule has 0 fully saturated rings. The first-order valence-corrected chi connectivity index (χ1v) is 11.4. The van der Waals surface area contributed by atoms with Crippen molar-refractivity contribution in [2.75, 3.05) is 7.11 Å². The Morgan fingerprint density at radius 2 is 1.91 bits per heavy atom. The summed E-state index contributed by atoms with van der Waals surface area (Å²) in [6.45, 7) is 4.43. The maximum Gasteiger partial charge on any atom is 0.336 e. The average molecular weight is 456 g/mol. The highest BCUT2D eigenvalue weighted by Gasteiger charge is 2.18. The lowest BCUT2D eigenvalue weighted by Gasteiger charge is -2.11. The summed E-state index contributed by atoms with van der Waals surface area (Å²) in [4.78, 5) is 12.2. The van der Waals surface area contributed by atoms with Gasteiger partial charge in [0.25, 0.3) is 0 Å². The van der Waals surface area contributed by atoms with Crippen LogP contribution >= 0.6 is 11.8 Å². The topological polar surface area (TPSA) is 70.2 Å². The van der Waals surface area contributed by atoms with Crippen LogP contribution in [0.1, 0.15) is 5.56 Å². The molecule has 2 aromatic heterocycles. The summed E-state index contributed by atoms with van der Waals surface area (Å²) in [5.41, 5.74) is 1.97. The van der Waals surface area contributed by atoms with Gasteiger partial charge < -0.3 is 9.15 Å². The van der Waals surface area contributed by atoms with Gasteiger partial charge in [0.05, 0.1) is 12.7 Å². The Labute approximate surface area is 194 Å². The van der Waals surface area contributed by atoms with Crippen LogP contribution in [0.3, 0.4) is 0 Å². The third-order valence-corrected chi connectivity index (χ3v) is 6.46. The number of para-hydroxylation sites is 1. The van der Waals surface area contributed by atoms with Crippen molar-refractivity contribution in [2.24, 2.45) is 0 Å². The fourth-order valence-corrected chi connectivity index (χ4v) is 4.92. The molecule has 0 aliphatic carbocycles. The van der Waals surface area contributed by atoms with Crippen molar-refractivity contribution in [3.63, 3.8) is 0 Å². The number of hydrogen-bond acceptors (Lipinski definition) is 6. The molecule has 0 saturated heterocycles. The summed E-state index contributed by atoms with van der Waals surface area (Å²) in [6, 6.07) is 21.2. The molecule has 0 unspecified atom stereocenters. The summed E-state index contributed by atoms with van der Waals surface area (Å²) < 4.78 is 13.0. The van der Waals surface area contributed by atoms with E-state index in [4.69, 9.17) is 9.15 Å². The molecule has 164 valence electrons. The number of ether oxygens (including phenoxy) is 1. The highest BCUT2D eigenvalue weighted by atomic mass is 32.2. The van der Waals surface area contributed by atoms with E-state index in [9.17, 15) is 4.79 Å². The summed E-state index contributed by atoms with van der Waals surface area (Å²) in [5, 5.41) is 12.7. The minimum absolute atomic E-state index is 0.365. The summed E-state index contributed by atoms with van der Waals surface area (Å²) >= 11 is 1.52. The number of thioether (sulfide) groups is 1. The maximum absolute atomic E-state index is 12.2. The van der Waals surface area contributed by atoms with Crippen LogP contribution < -0.4 is 10.4 Å². The second-order valence-electron chi connectivity index (χ2n) is 7.44. The molecule has 0 radical (unpaired) electrons. The van der Waals surface area contributed by atoms with Gasteiger partial charge in [-0.2, -0.15) is 0 Å². The Bertz CT molecular complexity index is 1540. The molecular formula is C26H21N3O3S. The number of benzene rings is 3. The predicted molar refractivity (Wildman–Crippen MR) is 132 cm³/mol. The molecule has 0 saturated carbocycles. The Morgan fingerprint density at radius 3 is 2.76 bits per heavy atom. The summed E-state index contributed by atoms with van der Waals surface area (Å²) in [6.07, 6.45) is 1.81. The monoisotopic (exact) mass is 455 g/mol. The molecule has 2 heterocycles. The third kappa shape index (κ3) is 3.91. The van der Waals surface area contributed by atoms with Gasteiger partial charge in [-0.1, -0.05) is 60.3 Å². The number of allylic oxidation sites excluding steroid dienone is 1. The lowest BCUT2D eigenvalue weighted by Crippen LogP contribution is -2.03. The summed E-state index contributed by atoms with van der Waals surface area (Å²) in [7, 11) is 1.64. The normalized spacial score (nSPS) is 11.2. The first-order valence-electron chi connectivity index (χ1n) is 10.4. The van der Waals surface area contributed by atoms with Gasteiger partial charge in [0, 0.05) is 23.8 Å². The molecule has 0 atom stereocenters. The van der Waals surface area contributed by atoms with Gasteiger partial charge in [-0.25, -0.2) is 4.79 Å². The molecule has 7 heteroatoms. The second kappa shape index (κ2) is 8.96. The van der Waals surface area contributed by atoms with Crippen molar-refractivity contribution >= 4 is 33.5 Å². The number of nitrogens with zero attached hydrogens (tertiary/aromatic N) is 3. The van der Waals surface area contributed by atoms with Crippen molar-refractivity contribution < 1.29 is 9.15 Å². The lowest BCUT2D eigenvalue weighted by molar-refractivity contribution is 0.416. The molecule has 6 nitrogen and oxygen atoms in total. The van der Waals surface area contributed by atoms with E-state index in [0.29, 0.717) is 23.7 Å². The molecule has 0 bridgehead atoms. The zero-order valence-corrected chi connectivity index (χ0v) is 18.8. The molecule has 0 amide bonds. The van der Waals surface area contributed by atoms with Gasteiger partial charge >= 0.3 is 5.63 Å². The molecule has 0 spiro atoms. The minimum atomic E-state index is -0.365. The average Bonchev–Trinajstić information content (AvgIpc) is 3.24. The van der Waals surface area contributed by atoms with Crippen molar-refractivity contribution in [2.45, 2.75) is 17.5 Å². The second-order valence-corrected chi connectivity index (χ2v) is 8.39. The van der Waals surface area contributed by atoms with Crippen molar-refractivity contribution in [3.05, 3.63) is 95.4 Å². The molecule has 5 aromatic rings. The number of rotatable bonds is 7. The van der Waals surface area contributed by atoms with Crippen LogP contribution in [-0.2, 0) is 12.3 Å². The van der Waals surface area contributed by atoms with Gasteiger partial charge in [-0.15, -0.1) is 16.8 Å². The number of methoxy groups -OCH3 is 1.